The molecule has 2 saturated heterocycles. The summed E-state index contributed by atoms with van der Waals surface area (Å²) in [4.78, 5) is 66.0. The second-order valence-electron chi connectivity index (χ2n) is 19.4. The van der Waals surface area contributed by atoms with Crippen molar-refractivity contribution in [1.29, 1.82) is 0 Å². The number of sulfonamides is 1. The molecule has 2 aliphatic carbocycles. The molecule has 2 aromatic carbocycles. The summed E-state index contributed by atoms with van der Waals surface area (Å²) in [6.07, 6.45) is 5.45. The van der Waals surface area contributed by atoms with Gasteiger partial charge in [-0.15, -0.1) is 0 Å². The number of aromatic nitrogens is 1. The highest BCUT2D eigenvalue weighted by molar-refractivity contribution is 7.91. The Morgan fingerprint density at radius 1 is 1.00 bits per heavy atom. The van der Waals surface area contributed by atoms with Crippen molar-refractivity contribution >= 4 is 50.3 Å². The summed E-state index contributed by atoms with van der Waals surface area (Å²) in [6, 6.07) is 13.4. The van der Waals surface area contributed by atoms with Crippen LogP contribution in [0.1, 0.15) is 83.8 Å². The molecule has 65 heavy (non-hydrogen) atoms. The topological polar surface area (TPSA) is 195 Å². The van der Waals surface area contributed by atoms with Gasteiger partial charge >= 0.3 is 6.09 Å². The van der Waals surface area contributed by atoms with Crippen LogP contribution in [-0.4, -0.2) is 117 Å². The molecular formula is C48H68N6O10S. The number of hydrogen-bond donors (Lipinski definition) is 3. The van der Waals surface area contributed by atoms with E-state index in [1.165, 1.54) is 4.90 Å². The van der Waals surface area contributed by atoms with Gasteiger partial charge in [-0.3, -0.25) is 19.1 Å². The van der Waals surface area contributed by atoms with Crippen LogP contribution >= 0.6 is 0 Å². The Morgan fingerprint density at radius 3 is 2.43 bits per heavy atom. The zero-order valence-electron chi connectivity index (χ0n) is 38.1. The van der Waals surface area contributed by atoms with E-state index in [2.05, 4.69) is 39.3 Å². The highest BCUT2D eigenvalue weighted by Gasteiger charge is 2.62. The maximum Gasteiger partial charge on any atom is 0.408 e. The Bertz CT molecular complexity index is 2450. The van der Waals surface area contributed by atoms with Crippen molar-refractivity contribution in [1.82, 2.24) is 25.2 Å². The molecule has 17 heteroatoms. The van der Waals surface area contributed by atoms with E-state index in [9.17, 15) is 22.8 Å². The largest absolute Gasteiger partial charge is 0.497 e. The van der Waals surface area contributed by atoms with Gasteiger partial charge in [0, 0.05) is 46.3 Å². The van der Waals surface area contributed by atoms with Gasteiger partial charge in [0.2, 0.25) is 27.7 Å². The predicted molar refractivity (Wildman–Crippen MR) is 251 cm³/mol. The molecule has 3 aliphatic heterocycles. The number of carbonyl (C=O) groups excluding carboxylic acids is 4. The van der Waals surface area contributed by atoms with E-state index >= 15 is 4.79 Å². The van der Waals surface area contributed by atoms with E-state index in [1.807, 2.05) is 55.5 Å². The van der Waals surface area contributed by atoms with Gasteiger partial charge in [-0.1, -0.05) is 38.1 Å². The number of alkyl carbamates (subject to hydrolysis) is 1. The second-order valence-corrected chi connectivity index (χ2v) is 21.4. The fourth-order valence-corrected chi connectivity index (χ4v) is 10.7. The zero-order chi connectivity index (χ0) is 46.3. The van der Waals surface area contributed by atoms with Gasteiger partial charge in [0.05, 0.1) is 37.8 Å². The molecule has 0 unspecified atom stereocenters. The van der Waals surface area contributed by atoms with Crippen LogP contribution in [0.3, 0.4) is 0 Å². The molecule has 1 aromatic heterocycles. The summed E-state index contributed by atoms with van der Waals surface area (Å²) in [7, 11) is -2.34. The summed E-state index contributed by atoms with van der Waals surface area (Å²) in [6.45, 7) is 12.1. The normalized spacial score (nSPS) is 28.2. The standard InChI is InChI=1S/C48H62N6O10S.3H2/c1-29-9-7-8-10-33-27-48(33,45(57)52-65(59,60)37-16-17-37)51-42(55)40-26-36(28-54(40)44(56)41(30(2)23-29)50-46(58)64-47(3,4)5)63-43-38-18-15-35(61-6)24-32(38)25-39(49-43)31-11-13-34(14-12-31)53-19-21-62-22-20-53;;;/h8,10-15,18,24-25,29-30,33,36-37,40-41H,7,9,16-17,19-23,26-28H2,1-6H3,(H,50,58)(H,51,55)(H,52,57);3*1H/b10-8-;;;/t29-,30-,33-,36-,40+,41+,48-;;;/m1.../s1. The molecule has 0 spiro atoms. The average molecular weight is 921 g/mol. The Morgan fingerprint density at radius 2 is 1.74 bits per heavy atom. The zero-order valence-corrected chi connectivity index (χ0v) is 38.9. The quantitative estimate of drug-likeness (QED) is 0.206. The second kappa shape index (κ2) is 18.5. The Balaban J connectivity index is 0.00000288. The number of ether oxygens (including phenoxy) is 4. The fourth-order valence-electron chi connectivity index (χ4n) is 9.32. The van der Waals surface area contributed by atoms with Crippen molar-refractivity contribution < 1.29 is 50.8 Å². The van der Waals surface area contributed by atoms with Gasteiger partial charge in [0.1, 0.15) is 35.1 Å². The lowest BCUT2D eigenvalue weighted by atomic mass is 9.88. The summed E-state index contributed by atoms with van der Waals surface area (Å²) in [5.74, 6) is -1.70. The van der Waals surface area contributed by atoms with Crippen molar-refractivity contribution in [3.63, 3.8) is 0 Å². The number of fused-ring (bicyclic) bond motifs is 3. The SMILES string of the molecule is COc1ccc2c(O[C@@H]3C[C@H]4C(=O)N[C@]5(C(=O)NS(=O)(=O)C6CC6)C[C@H]5/C=C\CC[C@@H](C)C[C@@H](C)[C@H](NC(=O)OC(C)(C)C)C(=O)N4C3)nc(-c3ccc(N4CCOCC4)cc3)cc2c1.[HH].[HH].[HH]. The first kappa shape index (κ1) is 46.1. The van der Waals surface area contributed by atoms with Crippen molar-refractivity contribution in [2.45, 2.75) is 114 Å². The summed E-state index contributed by atoms with van der Waals surface area (Å²) in [5.41, 5.74) is 0.187. The first-order valence-electron chi connectivity index (χ1n) is 22.9. The van der Waals surface area contributed by atoms with E-state index in [-0.39, 0.29) is 41.4 Å². The number of carbonyl (C=O) groups is 4. The molecule has 0 radical (unpaired) electrons. The maximum absolute atomic E-state index is 15.1. The molecule has 5 aliphatic rings. The number of nitrogens with one attached hydrogen (secondary N) is 3. The molecule has 4 amide bonds. The molecule has 16 nitrogen and oxygen atoms in total. The smallest absolute Gasteiger partial charge is 0.408 e. The maximum atomic E-state index is 15.1. The number of hydrogen-bond acceptors (Lipinski definition) is 12. The van der Waals surface area contributed by atoms with E-state index in [4.69, 9.17) is 23.9 Å². The first-order chi connectivity index (χ1) is 30.9. The monoisotopic (exact) mass is 920 g/mol. The van der Waals surface area contributed by atoms with Crippen LogP contribution < -0.4 is 29.7 Å². The molecule has 7 atom stereocenters. The Hall–Kier alpha value is -5.42. The minimum absolute atomic E-state index is 0. The number of morpholine rings is 1. The van der Waals surface area contributed by atoms with Crippen molar-refractivity contribution in [3.05, 3.63) is 60.7 Å². The number of methoxy groups -OCH3 is 1. The summed E-state index contributed by atoms with van der Waals surface area (Å²) in [5, 5.41) is 6.62. The molecule has 3 aromatic rings. The fraction of sp³-hybridized carbons (Fsp3) is 0.562. The van der Waals surface area contributed by atoms with Crippen LogP contribution in [0.15, 0.2) is 60.7 Å². The Labute approximate surface area is 385 Å². The van der Waals surface area contributed by atoms with E-state index < -0.39 is 74.3 Å². The summed E-state index contributed by atoms with van der Waals surface area (Å²) >= 11 is 0. The van der Waals surface area contributed by atoms with Gasteiger partial charge in [-0.25, -0.2) is 18.2 Å². The average Bonchev–Trinajstić information content (AvgIpc) is 4.20. The van der Waals surface area contributed by atoms with Gasteiger partial charge in [0.15, 0.2) is 0 Å². The highest BCUT2D eigenvalue weighted by Crippen LogP contribution is 2.46. The van der Waals surface area contributed by atoms with Crippen LogP contribution in [0.4, 0.5) is 10.5 Å². The van der Waals surface area contributed by atoms with Crippen molar-refractivity contribution in [2.75, 3.05) is 44.9 Å². The number of pyridine rings is 1. The number of benzene rings is 2. The van der Waals surface area contributed by atoms with Gasteiger partial charge in [0.25, 0.3) is 5.91 Å². The minimum atomic E-state index is -3.93. The van der Waals surface area contributed by atoms with E-state index in [0.717, 1.165) is 36.1 Å². The van der Waals surface area contributed by atoms with Crippen LogP contribution in [-0.2, 0) is 33.9 Å². The molecule has 356 valence electrons. The van der Waals surface area contributed by atoms with Crippen LogP contribution in [0.25, 0.3) is 22.0 Å². The van der Waals surface area contributed by atoms with Gasteiger partial charge in [-0.05, 0) is 113 Å². The lowest BCUT2D eigenvalue weighted by Crippen LogP contribution is -2.59. The molecule has 8 rings (SSSR count). The molecular weight excluding hydrogens is 853 g/mol. The van der Waals surface area contributed by atoms with Crippen molar-refractivity contribution in [3.8, 4) is 22.9 Å². The van der Waals surface area contributed by atoms with E-state index in [0.29, 0.717) is 55.7 Å². The Kier molecular flexibility index (Phi) is 13.1. The number of allylic oxidation sites excluding steroid dienone is 1. The van der Waals surface area contributed by atoms with Crippen LogP contribution in [0.2, 0.25) is 0 Å². The number of amides is 4. The van der Waals surface area contributed by atoms with Crippen LogP contribution in [0, 0.1) is 17.8 Å². The first-order valence-corrected chi connectivity index (χ1v) is 24.4. The number of anilines is 1. The third-order valence-electron chi connectivity index (χ3n) is 13.1. The lowest BCUT2D eigenvalue weighted by Gasteiger charge is -2.33. The molecule has 3 N–H and O–H groups in total. The highest BCUT2D eigenvalue weighted by atomic mass is 32.2. The number of rotatable bonds is 9. The molecule has 4 fully saturated rings. The predicted octanol–water partition coefficient (Wildman–Crippen LogP) is 6.22. The molecule has 0 bridgehead atoms. The lowest BCUT2D eigenvalue weighted by molar-refractivity contribution is -0.142. The third-order valence-corrected chi connectivity index (χ3v) is 14.9. The van der Waals surface area contributed by atoms with E-state index in [1.54, 1.807) is 27.9 Å². The minimum Gasteiger partial charge on any atom is -0.497 e. The number of nitrogens with zero attached hydrogens (tertiary/aromatic N) is 3. The van der Waals surface area contributed by atoms with Crippen molar-refractivity contribution in [2.24, 2.45) is 17.8 Å². The van der Waals surface area contributed by atoms with Crippen LogP contribution in [0.5, 0.6) is 11.6 Å². The van der Waals surface area contributed by atoms with Gasteiger partial charge < -0.3 is 39.4 Å². The summed E-state index contributed by atoms with van der Waals surface area (Å²) < 4.78 is 51.9. The van der Waals surface area contributed by atoms with Gasteiger partial charge in [-0.2, -0.15) is 0 Å². The molecule has 4 heterocycles. The third kappa shape index (κ3) is 10.5. The molecule has 2 saturated carbocycles.